The molecular formula is C6H13N3O2S. The Balaban J connectivity index is 2.62. The van der Waals surface area contributed by atoms with Crippen LogP contribution in [0.3, 0.4) is 0 Å². The van der Waals surface area contributed by atoms with Crippen LogP contribution in [0.4, 0.5) is 0 Å². The summed E-state index contributed by atoms with van der Waals surface area (Å²) >= 11 is 0. The lowest BCUT2D eigenvalue weighted by atomic mass is 10.5. The molecule has 1 fully saturated rings. The van der Waals surface area contributed by atoms with Gasteiger partial charge in [-0.25, -0.2) is 10.1 Å². The molecule has 70 valence electrons. The van der Waals surface area contributed by atoms with Gasteiger partial charge in [0.25, 0.3) is 0 Å². The minimum atomic E-state index is -2.19. The molecule has 0 aromatic carbocycles. The van der Waals surface area contributed by atoms with Gasteiger partial charge in [-0.15, -0.1) is 0 Å². The van der Waals surface area contributed by atoms with E-state index in [9.17, 15) is 9.00 Å². The molecule has 1 rings (SSSR count). The molecule has 0 aromatic heterocycles. The standard InChI is InChI=1S/C6H13N3O2S/c1-6(10)9-2-4-12(11,8-7)5-3-9/h2-5,7H2,1H3. The van der Waals surface area contributed by atoms with Crippen molar-refractivity contribution in [3.8, 4) is 0 Å². The normalized spacial score (nSPS) is 22.0. The van der Waals surface area contributed by atoms with Gasteiger partial charge in [-0.1, -0.05) is 0 Å². The van der Waals surface area contributed by atoms with Crippen molar-refractivity contribution in [2.45, 2.75) is 6.92 Å². The Labute approximate surface area is 72.1 Å². The topological polar surface area (TPSA) is 75.8 Å². The third kappa shape index (κ3) is 1.95. The molecule has 0 spiro atoms. The molecule has 2 N–H and O–H groups in total. The van der Waals surface area contributed by atoms with Crippen molar-refractivity contribution in [1.29, 1.82) is 0 Å². The highest BCUT2D eigenvalue weighted by atomic mass is 32.2. The van der Waals surface area contributed by atoms with Crippen LogP contribution in [0.2, 0.25) is 0 Å². The van der Waals surface area contributed by atoms with Gasteiger partial charge in [-0.05, 0) is 0 Å². The van der Waals surface area contributed by atoms with Crippen molar-refractivity contribution in [2.75, 3.05) is 24.6 Å². The minimum absolute atomic E-state index is 0.0217. The highest BCUT2D eigenvalue weighted by Crippen LogP contribution is 2.05. The first-order valence-corrected chi connectivity index (χ1v) is 5.60. The molecule has 1 saturated heterocycles. The van der Waals surface area contributed by atoms with E-state index in [0.717, 1.165) is 0 Å². The molecule has 0 bridgehead atoms. The van der Waals surface area contributed by atoms with E-state index in [0.29, 0.717) is 24.6 Å². The summed E-state index contributed by atoms with van der Waals surface area (Å²) in [7, 11) is -2.19. The van der Waals surface area contributed by atoms with Gasteiger partial charge in [-0.2, -0.15) is 4.47 Å². The fourth-order valence-electron chi connectivity index (χ4n) is 1.14. The van der Waals surface area contributed by atoms with Crippen LogP contribution in [0.15, 0.2) is 4.47 Å². The SMILES string of the molecule is CC(=O)N1CCS(=O)(=NN)CC1. The highest BCUT2D eigenvalue weighted by molar-refractivity contribution is 7.93. The number of carbonyl (C=O) groups is 1. The van der Waals surface area contributed by atoms with E-state index in [-0.39, 0.29) is 5.91 Å². The molecule has 12 heavy (non-hydrogen) atoms. The zero-order valence-electron chi connectivity index (χ0n) is 7.02. The van der Waals surface area contributed by atoms with Crippen molar-refractivity contribution >= 4 is 15.6 Å². The number of nitrogens with zero attached hydrogens (tertiary/aromatic N) is 2. The second-order valence-electron chi connectivity index (χ2n) is 2.79. The molecule has 0 aliphatic carbocycles. The van der Waals surface area contributed by atoms with Gasteiger partial charge in [0.1, 0.15) is 0 Å². The van der Waals surface area contributed by atoms with E-state index < -0.39 is 9.73 Å². The van der Waals surface area contributed by atoms with E-state index in [4.69, 9.17) is 5.84 Å². The van der Waals surface area contributed by atoms with Crippen LogP contribution in [0.5, 0.6) is 0 Å². The first-order valence-electron chi connectivity index (χ1n) is 3.74. The number of nitrogens with two attached hydrogens (primary N) is 1. The lowest BCUT2D eigenvalue weighted by Gasteiger charge is -2.27. The average molecular weight is 191 g/mol. The number of carbonyl (C=O) groups excluding carboxylic acids is 1. The molecular weight excluding hydrogens is 178 g/mol. The number of hydrogen-bond donors (Lipinski definition) is 1. The molecule has 6 heteroatoms. The lowest BCUT2D eigenvalue weighted by molar-refractivity contribution is -0.128. The monoisotopic (exact) mass is 191 g/mol. The van der Waals surface area contributed by atoms with E-state index in [1.54, 1.807) is 4.90 Å². The molecule has 0 unspecified atom stereocenters. The Bertz CT molecular complexity index is 279. The van der Waals surface area contributed by atoms with Crippen LogP contribution in [0, 0.1) is 0 Å². The van der Waals surface area contributed by atoms with E-state index in [1.807, 2.05) is 0 Å². The second-order valence-corrected chi connectivity index (χ2v) is 5.36. The van der Waals surface area contributed by atoms with Crippen LogP contribution < -0.4 is 5.84 Å². The maximum absolute atomic E-state index is 11.5. The molecule has 1 heterocycles. The fourth-order valence-corrected chi connectivity index (χ4v) is 2.57. The predicted octanol–water partition coefficient (Wildman–Crippen LogP) is -0.810. The summed E-state index contributed by atoms with van der Waals surface area (Å²) < 4.78 is 14.9. The average Bonchev–Trinajstić information content (AvgIpc) is 2.05. The van der Waals surface area contributed by atoms with Gasteiger partial charge in [0.05, 0.1) is 21.2 Å². The van der Waals surface area contributed by atoms with Crippen LogP contribution >= 0.6 is 0 Å². The first kappa shape index (κ1) is 9.47. The molecule has 0 atom stereocenters. The third-order valence-electron chi connectivity index (χ3n) is 2.00. The summed E-state index contributed by atoms with van der Waals surface area (Å²) in [6.45, 7) is 2.52. The Kier molecular flexibility index (Phi) is 2.69. The molecule has 5 nitrogen and oxygen atoms in total. The van der Waals surface area contributed by atoms with Gasteiger partial charge < -0.3 is 4.90 Å². The minimum Gasteiger partial charge on any atom is -0.341 e. The van der Waals surface area contributed by atoms with Crippen LogP contribution in [0.25, 0.3) is 0 Å². The van der Waals surface area contributed by atoms with Crippen molar-refractivity contribution in [3.63, 3.8) is 0 Å². The zero-order valence-corrected chi connectivity index (χ0v) is 7.84. The fraction of sp³-hybridized carbons (Fsp3) is 0.833. The lowest BCUT2D eigenvalue weighted by Crippen LogP contribution is -2.42. The Morgan fingerprint density at radius 1 is 1.50 bits per heavy atom. The van der Waals surface area contributed by atoms with Crippen LogP contribution in [-0.4, -0.2) is 39.6 Å². The van der Waals surface area contributed by atoms with Gasteiger partial charge >= 0.3 is 0 Å². The summed E-state index contributed by atoms with van der Waals surface area (Å²) in [4.78, 5) is 12.5. The van der Waals surface area contributed by atoms with Gasteiger partial charge in [0.15, 0.2) is 0 Å². The first-order chi connectivity index (χ1) is 5.57. The van der Waals surface area contributed by atoms with E-state index in [1.165, 1.54) is 6.92 Å². The number of hydrogen-bond acceptors (Lipinski definition) is 3. The van der Waals surface area contributed by atoms with Crippen LogP contribution in [-0.2, 0) is 14.5 Å². The van der Waals surface area contributed by atoms with Crippen molar-refractivity contribution in [3.05, 3.63) is 0 Å². The van der Waals surface area contributed by atoms with E-state index in [2.05, 4.69) is 4.47 Å². The largest absolute Gasteiger partial charge is 0.341 e. The molecule has 1 amide bonds. The summed E-state index contributed by atoms with van der Waals surface area (Å²) in [5, 5.41) is 0. The van der Waals surface area contributed by atoms with Gasteiger partial charge in [0, 0.05) is 20.0 Å². The van der Waals surface area contributed by atoms with Gasteiger partial charge in [-0.3, -0.25) is 4.79 Å². The molecule has 0 radical (unpaired) electrons. The maximum Gasteiger partial charge on any atom is 0.219 e. The van der Waals surface area contributed by atoms with Crippen molar-refractivity contribution < 1.29 is 9.00 Å². The van der Waals surface area contributed by atoms with Crippen molar-refractivity contribution in [2.24, 2.45) is 10.3 Å². The second kappa shape index (κ2) is 3.40. The predicted molar refractivity (Wildman–Crippen MR) is 46.7 cm³/mol. The number of rotatable bonds is 0. The maximum atomic E-state index is 11.5. The Morgan fingerprint density at radius 3 is 2.33 bits per heavy atom. The van der Waals surface area contributed by atoms with Crippen LogP contribution in [0.1, 0.15) is 6.92 Å². The highest BCUT2D eigenvalue weighted by Gasteiger charge is 2.21. The Hall–Kier alpha value is -0.620. The number of amides is 1. The van der Waals surface area contributed by atoms with Gasteiger partial charge in [0.2, 0.25) is 5.91 Å². The summed E-state index contributed by atoms with van der Waals surface area (Å²) in [5.74, 6) is 5.84. The summed E-state index contributed by atoms with van der Waals surface area (Å²) in [5.41, 5.74) is 0. The summed E-state index contributed by atoms with van der Waals surface area (Å²) in [6, 6.07) is 0. The zero-order chi connectivity index (χ0) is 9.19. The molecule has 0 saturated carbocycles. The molecule has 1 aliphatic rings. The molecule has 0 aromatic rings. The molecule has 1 aliphatic heterocycles. The van der Waals surface area contributed by atoms with E-state index >= 15 is 0 Å². The third-order valence-corrected chi connectivity index (χ3v) is 4.02. The smallest absolute Gasteiger partial charge is 0.219 e. The Morgan fingerprint density at radius 2 is 2.00 bits per heavy atom. The quantitative estimate of drug-likeness (QED) is 0.402. The van der Waals surface area contributed by atoms with Crippen molar-refractivity contribution in [1.82, 2.24) is 4.90 Å². The summed E-state index contributed by atoms with van der Waals surface area (Å²) in [6.07, 6.45) is 0.